The third-order valence-electron chi connectivity index (χ3n) is 5.57. The SMILES string of the molecule is CC(C)(C)c1cnnn1-c1ccc(C2=NN(c3ccccc3)C(c3ccco3)C2)cc1. The lowest BCUT2D eigenvalue weighted by Crippen LogP contribution is -2.17. The molecule has 0 bridgehead atoms. The van der Waals surface area contributed by atoms with E-state index < -0.39 is 0 Å². The minimum absolute atomic E-state index is 0.0369. The van der Waals surface area contributed by atoms with Crippen LogP contribution in [0.25, 0.3) is 5.69 Å². The summed E-state index contributed by atoms with van der Waals surface area (Å²) in [4.78, 5) is 0. The molecule has 156 valence electrons. The van der Waals surface area contributed by atoms with E-state index >= 15 is 0 Å². The van der Waals surface area contributed by atoms with E-state index in [1.54, 1.807) is 6.26 Å². The van der Waals surface area contributed by atoms with E-state index in [1.807, 2.05) is 41.2 Å². The summed E-state index contributed by atoms with van der Waals surface area (Å²) in [7, 11) is 0. The fourth-order valence-electron chi connectivity index (χ4n) is 3.94. The van der Waals surface area contributed by atoms with Crippen LogP contribution in [0.15, 0.2) is 88.7 Å². The number of hydrogen-bond donors (Lipinski definition) is 0. The minimum Gasteiger partial charge on any atom is -0.467 e. The van der Waals surface area contributed by atoms with Crippen molar-refractivity contribution in [1.29, 1.82) is 0 Å². The molecule has 4 aromatic rings. The molecule has 1 atom stereocenters. The fourth-order valence-corrected chi connectivity index (χ4v) is 3.94. The van der Waals surface area contributed by atoms with Crippen molar-refractivity contribution >= 4 is 11.4 Å². The van der Waals surface area contributed by atoms with Crippen LogP contribution in [0.4, 0.5) is 5.69 Å². The average molecular weight is 412 g/mol. The Hall–Kier alpha value is -3.67. The molecule has 0 aliphatic carbocycles. The van der Waals surface area contributed by atoms with Gasteiger partial charge in [0.1, 0.15) is 11.8 Å². The highest BCUT2D eigenvalue weighted by Gasteiger charge is 2.31. The molecular weight excluding hydrogens is 386 g/mol. The molecule has 0 saturated carbocycles. The molecule has 31 heavy (non-hydrogen) atoms. The van der Waals surface area contributed by atoms with E-state index in [1.165, 1.54) is 0 Å². The van der Waals surface area contributed by atoms with Crippen LogP contribution in [0.2, 0.25) is 0 Å². The molecule has 0 saturated heterocycles. The maximum atomic E-state index is 5.73. The number of benzene rings is 2. The molecule has 5 rings (SSSR count). The summed E-state index contributed by atoms with van der Waals surface area (Å²) in [5, 5.41) is 15.4. The van der Waals surface area contributed by atoms with E-state index in [0.717, 1.165) is 40.5 Å². The van der Waals surface area contributed by atoms with Crippen LogP contribution < -0.4 is 5.01 Å². The summed E-state index contributed by atoms with van der Waals surface area (Å²) in [6, 6.07) is 22.6. The van der Waals surface area contributed by atoms with Crippen molar-refractivity contribution in [3.63, 3.8) is 0 Å². The van der Waals surface area contributed by atoms with Gasteiger partial charge >= 0.3 is 0 Å². The Kier molecular flexibility index (Phi) is 4.70. The van der Waals surface area contributed by atoms with Crippen LogP contribution in [0.1, 0.15) is 50.3 Å². The second-order valence-electron chi connectivity index (χ2n) is 8.79. The topological polar surface area (TPSA) is 59.5 Å². The summed E-state index contributed by atoms with van der Waals surface area (Å²) in [6.07, 6.45) is 4.33. The smallest absolute Gasteiger partial charge is 0.128 e. The summed E-state index contributed by atoms with van der Waals surface area (Å²) in [5.74, 6) is 0.914. The molecule has 6 heteroatoms. The zero-order chi connectivity index (χ0) is 21.4. The predicted molar refractivity (Wildman–Crippen MR) is 122 cm³/mol. The van der Waals surface area contributed by atoms with E-state index in [-0.39, 0.29) is 11.5 Å². The van der Waals surface area contributed by atoms with Crippen molar-refractivity contribution in [3.05, 3.63) is 96.2 Å². The maximum Gasteiger partial charge on any atom is 0.128 e. The quantitative estimate of drug-likeness (QED) is 0.444. The Morgan fingerprint density at radius 2 is 1.68 bits per heavy atom. The Bertz CT molecular complexity index is 1180. The van der Waals surface area contributed by atoms with E-state index in [4.69, 9.17) is 9.52 Å². The molecule has 1 aliphatic rings. The highest BCUT2D eigenvalue weighted by atomic mass is 16.3. The van der Waals surface area contributed by atoms with Crippen molar-refractivity contribution < 1.29 is 4.42 Å². The van der Waals surface area contributed by atoms with Crippen molar-refractivity contribution in [2.45, 2.75) is 38.6 Å². The molecule has 1 aliphatic heterocycles. The van der Waals surface area contributed by atoms with Crippen molar-refractivity contribution in [2.24, 2.45) is 5.10 Å². The van der Waals surface area contributed by atoms with Crippen molar-refractivity contribution in [3.8, 4) is 5.69 Å². The number of hydrogen-bond acceptors (Lipinski definition) is 5. The lowest BCUT2D eigenvalue weighted by Gasteiger charge is -2.21. The fraction of sp³-hybridized carbons (Fsp3) is 0.240. The number of nitrogens with zero attached hydrogens (tertiary/aromatic N) is 5. The number of furan rings is 1. The normalized spacial score (nSPS) is 16.5. The first-order valence-electron chi connectivity index (χ1n) is 10.5. The van der Waals surface area contributed by atoms with Gasteiger partial charge in [0, 0.05) is 11.8 Å². The van der Waals surface area contributed by atoms with Crippen LogP contribution in [0, 0.1) is 0 Å². The summed E-state index contributed by atoms with van der Waals surface area (Å²) < 4.78 is 7.64. The van der Waals surface area contributed by atoms with Crippen molar-refractivity contribution in [1.82, 2.24) is 15.0 Å². The second kappa shape index (κ2) is 7.54. The average Bonchev–Trinajstić information content (AvgIpc) is 3.54. The number of aromatic nitrogens is 3. The van der Waals surface area contributed by atoms with Crippen LogP contribution in [0.5, 0.6) is 0 Å². The number of para-hydroxylation sites is 1. The van der Waals surface area contributed by atoms with Crippen LogP contribution >= 0.6 is 0 Å². The second-order valence-corrected chi connectivity index (χ2v) is 8.79. The summed E-state index contributed by atoms with van der Waals surface area (Å²) >= 11 is 0. The van der Waals surface area contributed by atoms with Gasteiger partial charge in [-0.25, -0.2) is 4.68 Å². The Labute approximate surface area is 181 Å². The lowest BCUT2D eigenvalue weighted by atomic mass is 9.92. The third-order valence-corrected chi connectivity index (χ3v) is 5.57. The standard InChI is InChI=1S/C25H25N5O/c1-25(2,3)24-17-26-28-30(24)20-13-11-18(12-14-20)21-16-22(23-10-7-15-31-23)29(27-21)19-8-5-4-6-9-19/h4-15,17,22H,16H2,1-3H3. The number of anilines is 1. The monoisotopic (exact) mass is 411 g/mol. The molecule has 0 N–H and O–H groups in total. The van der Waals surface area contributed by atoms with Gasteiger partial charge in [-0.2, -0.15) is 5.10 Å². The third kappa shape index (κ3) is 3.65. The van der Waals surface area contributed by atoms with Crippen molar-refractivity contribution in [2.75, 3.05) is 5.01 Å². The Morgan fingerprint density at radius 3 is 2.35 bits per heavy atom. The largest absolute Gasteiger partial charge is 0.467 e. The van der Waals surface area contributed by atoms with Gasteiger partial charge in [0.2, 0.25) is 0 Å². The molecule has 2 aromatic heterocycles. The molecular formula is C25H25N5O. The van der Waals surface area contributed by atoms with Gasteiger partial charge in [-0.15, -0.1) is 5.10 Å². The molecule has 0 fully saturated rings. The highest BCUT2D eigenvalue weighted by molar-refractivity contribution is 6.03. The molecule has 0 amide bonds. The highest BCUT2D eigenvalue weighted by Crippen LogP contribution is 2.36. The number of hydrazone groups is 1. The lowest BCUT2D eigenvalue weighted by molar-refractivity contribution is 0.465. The zero-order valence-corrected chi connectivity index (χ0v) is 17.9. The van der Waals surface area contributed by atoms with Gasteiger partial charge in [-0.05, 0) is 42.0 Å². The van der Waals surface area contributed by atoms with Crippen LogP contribution in [0.3, 0.4) is 0 Å². The van der Waals surface area contributed by atoms with E-state index in [0.29, 0.717) is 0 Å². The first kappa shape index (κ1) is 19.3. The van der Waals surface area contributed by atoms with E-state index in [2.05, 4.69) is 72.5 Å². The Balaban J connectivity index is 1.47. The maximum absolute atomic E-state index is 5.73. The van der Waals surface area contributed by atoms with Crippen LogP contribution in [-0.2, 0) is 5.41 Å². The van der Waals surface area contributed by atoms with Crippen LogP contribution in [-0.4, -0.2) is 20.7 Å². The molecule has 0 radical (unpaired) electrons. The molecule has 2 aromatic carbocycles. The molecule has 6 nitrogen and oxygen atoms in total. The van der Waals surface area contributed by atoms with Gasteiger partial charge in [-0.1, -0.05) is 56.3 Å². The zero-order valence-electron chi connectivity index (χ0n) is 17.9. The van der Waals surface area contributed by atoms with Gasteiger partial charge in [0.25, 0.3) is 0 Å². The molecule has 0 spiro atoms. The summed E-state index contributed by atoms with van der Waals surface area (Å²) in [5.41, 5.74) is 5.21. The molecule has 1 unspecified atom stereocenters. The van der Waals surface area contributed by atoms with Gasteiger partial charge in [0.15, 0.2) is 0 Å². The minimum atomic E-state index is -0.0375. The Morgan fingerprint density at radius 1 is 0.903 bits per heavy atom. The van der Waals surface area contributed by atoms with E-state index in [9.17, 15) is 0 Å². The predicted octanol–water partition coefficient (Wildman–Crippen LogP) is 5.51. The number of rotatable bonds is 4. The first-order valence-corrected chi connectivity index (χ1v) is 10.5. The molecule has 3 heterocycles. The van der Waals surface area contributed by atoms with Gasteiger partial charge in [0.05, 0.1) is 35.2 Å². The van der Waals surface area contributed by atoms with Gasteiger partial charge in [-0.3, -0.25) is 5.01 Å². The van der Waals surface area contributed by atoms with Gasteiger partial charge < -0.3 is 4.42 Å². The summed E-state index contributed by atoms with van der Waals surface area (Å²) in [6.45, 7) is 6.49. The first-order chi connectivity index (χ1) is 15.0.